The molecule has 0 radical (unpaired) electrons. The number of benzene rings is 2. The van der Waals surface area contributed by atoms with Crippen molar-refractivity contribution in [3.63, 3.8) is 0 Å². The smallest absolute Gasteiger partial charge is 0.241 e. The Hall–Kier alpha value is -2.74. The Bertz CT molecular complexity index is 974. The highest BCUT2D eigenvalue weighted by Gasteiger charge is 2.22. The number of hydrogen-bond donors (Lipinski definition) is 1. The standard InChI is InChI=1S/C20H24N2O5S/c1-14-5-4-6-17(11-14)22(28(3,24)25)13-20(23)21-15(2)16-7-8-18-19(12-16)27-10-9-26-18/h4-8,11-12,15H,9-10,13H2,1-3H3,(H,21,23)/t15-/m0/s1. The molecule has 1 aliphatic rings. The van der Waals surface area contributed by atoms with Gasteiger partial charge < -0.3 is 14.8 Å². The third-order valence-electron chi connectivity index (χ3n) is 4.42. The zero-order valence-electron chi connectivity index (χ0n) is 16.1. The van der Waals surface area contributed by atoms with E-state index < -0.39 is 15.9 Å². The van der Waals surface area contributed by atoms with Crippen molar-refractivity contribution in [3.8, 4) is 11.5 Å². The molecule has 1 atom stereocenters. The lowest BCUT2D eigenvalue weighted by atomic mass is 10.1. The molecule has 150 valence electrons. The third kappa shape index (κ3) is 4.75. The number of amides is 1. The van der Waals surface area contributed by atoms with Crippen molar-refractivity contribution in [1.82, 2.24) is 5.32 Å². The fourth-order valence-electron chi connectivity index (χ4n) is 3.01. The molecule has 28 heavy (non-hydrogen) atoms. The Morgan fingerprint density at radius 1 is 1.14 bits per heavy atom. The second-order valence-electron chi connectivity index (χ2n) is 6.80. The highest BCUT2D eigenvalue weighted by molar-refractivity contribution is 7.92. The second kappa shape index (κ2) is 8.10. The SMILES string of the molecule is Cc1cccc(N(CC(=O)N[C@@H](C)c2ccc3c(c2)OCCO3)S(C)(=O)=O)c1. The van der Waals surface area contributed by atoms with Crippen molar-refractivity contribution in [3.05, 3.63) is 53.6 Å². The van der Waals surface area contributed by atoms with Gasteiger partial charge in [-0.1, -0.05) is 18.2 Å². The van der Waals surface area contributed by atoms with Crippen LogP contribution in [0.15, 0.2) is 42.5 Å². The average Bonchev–Trinajstić information content (AvgIpc) is 2.64. The summed E-state index contributed by atoms with van der Waals surface area (Å²) in [6.45, 7) is 4.40. The minimum absolute atomic E-state index is 0.294. The molecule has 3 rings (SSSR count). The number of fused-ring (bicyclic) bond motifs is 1. The molecule has 0 aliphatic carbocycles. The Morgan fingerprint density at radius 3 is 2.54 bits per heavy atom. The molecule has 7 nitrogen and oxygen atoms in total. The van der Waals surface area contributed by atoms with Gasteiger partial charge in [0.1, 0.15) is 19.8 Å². The van der Waals surface area contributed by atoms with Crippen LogP contribution >= 0.6 is 0 Å². The van der Waals surface area contributed by atoms with Gasteiger partial charge in [-0.2, -0.15) is 0 Å². The van der Waals surface area contributed by atoms with E-state index >= 15 is 0 Å². The molecule has 2 aromatic carbocycles. The van der Waals surface area contributed by atoms with Gasteiger partial charge in [-0.15, -0.1) is 0 Å². The maximum absolute atomic E-state index is 12.6. The fourth-order valence-corrected chi connectivity index (χ4v) is 3.86. The molecule has 0 unspecified atom stereocenters. The number of aryl methyl sites for hydroxylation is 1. The van der Waals surface area contributed by atoms with Crippen LogP contribution in [0.3, 0.4) is 0 Å². The van der Waals surface area contributed by atoms with Crippen molar-refractivity contribution >= 4 is 21.6 Å². The van der Waals surface area contributed by atoms with Crippen molar-refractivity contribution < 1.29 is 22.7 Å². The summed E-state index contributed by atoms with van der Waals surface area (Å²) in [5.41, 5.74) is 2.22. The molecule has 0 spiro atoms. The van der Waals surface area contributed by atoms with Gasteiger partial charge in [0, 0.05) is 0 Å². The molecule has 0 saturated heterocycles. The number of carbonyl (C=O) groups excluding carboxylic acids is 1. The zero-order chi connectivity index (χ0) is 20.3. The van der Waals surface area contributed by atoms with Gasteiger partial charge in [0.25, 0.3) is 0 Å². The van der Waals surface area contributed by atoms with Gasteiger partial charge in [-0.25, -0.2) is 8.42 Å². The summed E-state index contributed by atoms with van der Waals surface area (Å²) in [6, 6.07) is 12.2. The number of rotatable bonds is 6. The Morgan fingerprint density at radius 2 is 1.86 bits per heavy atom. The number of nitrogens with one attached hydrogen (secondary N) is 1. The third-order valence-corrected chi connectivity index (χ3v) is 5.56. The summed E-state index contributed by atoms with van der Waals surface area (Å²) in [5, 5.41) is 2.85. The first-order chi connectivity index (χ1) is 13.2. The van der Waals surface area contributed by atoms with Crippen LogP contribution in [0.2, 0.25) is 0 Å². The predicted octanol–water partition coefficient (Wildman–Crippen LogP) is 2.41. The molecule has 1 N–H and O–H groups in total. The van der Waals surface area contributed by atoms with Crippen LogP contribution in [0.1, 0.15) is 24.1 Å². The summed E-state index contributed by atoms with van der Waals surface area (Å²) in [7, 11) is -3.61. The van der Waals surface area contributed by atoms with Crippen molar-refractivity contribution in [2.45, 2.75) is 19.9 Å². The predicted molar refractivity (Wildman–Crippen MR) is 107 cm³/mol. The Labute approximate surface area is 165 Å². The molecule has 0 aromatic heterocycles. The summed E-state index contributed by atoms with van der Waals surface area (Å²) in [6.07, 6.45) is 1.09. The summed E-state index contributed by atoms with van der Waals surface area (Å²) >= 11 is 0. The van der Waals surface area contributed by atoms with E-state index in [0.717, 1.165) is 21.7 Å². The largest absolute Gasteiger partial charge is 0.486 e. The molecule has 1 amide bonds. The van der Waals surface area contributed by atoms with E-state index in [1.54, 1.807) is 18.2 Å². The normalized spacial score (nSPS) is 14.2. The lowest BCUT2D eigenvalue weighted by Gasteiger charge is -2.24. The highest BCUT2D eigenvalue weighted by Crippen LogP contribution is 2.32. The van der Waals surface area contributed by atoms with Crippen LogP contribution in [-0.2, 0) is 14.8 Å². The highest BCUT2D eigenvalue weighted by atomic mass is 32.2. The molecular weight excluding hydrogens is 380 g/mol. The van der Waals surface area contributed by atoms with Crippen LogP contribution in [0.5, 0.6) is 11.5 Å². The van der Waals surface area contributed by atoms with E-state index in [1.807, 2.05) is 38.1 Å². The molecule has 1 aliphatic heterocycles. The molecule has 2 aromatic rings. The van der Waals surface area contributed by atoms with E-state index in [0.29, 0.717) is 30.4 Å². The van der Waals surface area contributed by atoms with E-state index in [-0.39, 0.29) is 12.6 Å². The number of nitrogens with zero attached hydrogens (tertiary/aromatic N) is 1. The zero-order valence-corrected chi connectivity index (χ0v) is 17.0. The topological polar surface area (TPSA) is 84.9 Å². The number of anilines is 1. The van der Waals surface area contributed by atoms with Crippen LogP contribution < -0.4 is 19.1 Å². The fraction of sp³-hybridized carbons (Fsp3) is 0.350. The van der Waals surface area contributed by atoms with Gasteiger partial charge in [-0.05, 0) is 49.2 Å². The molecule has 0 fully saturated rings. The van der Waals surface area contributed by atoms with E-state index in [9.17, 15) is 13.2 Å². The molecular formula is C20H24N2O5S. The minimum atomic E-state index is -3.61. The van der Waals surface area contributed by atoms with Crippen LogP contribution in [0.25, 0.3) is 0 Å². The quantitative estimate of drug-likeness (QED) is 0.799. The van der Waals surface area contributed by atoms with Crippen molar-refractivity contribution in [1.29, 1.82) is 0 Å². The van der Waals surface area contributed by atoms with Crippen LogP contribution in [-0.4, -0.2) is 40.3 Å². The summed E-state index contributed by atoms with van der Waals surface area (Å²) < 4.78 is 36.6. The second-order valence-corrected chi connectivity index (χ2v) is 8.71. The van der Waals surface area contributed by atoms with E-state index in [1.165, 1.54) is 0 Å². The van der Waals surface area contributed by atoms with Gasteiger partial charge in [0.2, 0.25) is 15.9 Å². The molecule has 8 heteroatoms. The van der Waals surface area contributed by atoms with E-state index in [4.69, 9.17) is 9.47 Å². The van der Waals surface area contributed by atoms with Gasteiger partial charge in [-0.3, -0.25) is 9.10 Å². The van der Waals surface area contributed by atoms with Gasteiger partial charge in [0.05, 0.1) is 18.0 Å². The van der Waals surface area contributed by atoms with Crippen LogP contribution in [0, 0.1) is 6.92 Å². The van der Waals surface area contributed by atoms with Crippen molar-refractivity contribution in [2.75, 3.05) is 30.3 Å². The maximum Gasteiger partial charge on any atom is 0.241 e. The molecule has 0 bridgehead atoms. The monoisotopic (exact) mass is 404 g/mol. The maximum atomic E-state index is 12.6. The van der Waals surface area contributed by atoms with E-state index in [2.05, 4.69) is 5.32 Å². The lowest BCUT2D eigenvalue weighted by molar-refractivity contribution is -0.120. The summed E-state index contributed by atoms with van der Waals surface area (Å²) in [4.78, 5) is 12.6. The average molecular weight is 404 g/mol. The molecule has 0 saturated carbocycles. The molecule has 1 heterocycles. The number of carbonyl (C=O) groups is 1. The Kier molecular flexibility index (Phi) is 5.79. The minimum Gasteiger partial charge on any atom is -0.486 e. The summed E-state index contributed by atoms with van der Waals surface area (Å²) in [5.74, 6) is 0.924. The number of sulfonamides is 1. The van der Waals surface area contributed by atoms with Crippen molar-refractivity contribution in [2.24, 2.45) is 0 Å². The van der Waals surface area contributed by atoms with Gasteiger partial charge in [0.15, 0.2) is 11.5 Å². The lowest BCUT2D eigenvalue weighted by Crippen LogP contribution is -2.41. The van der Waals surface area contributed by atoms with Gasteiger partial charge >= 0.3 is 0 Å². The van der Waals surface area contributed by atoms with Crippen LogP contribution in [0.4, 0.5) is 5.69 Å². The first-order valence-electron chi connectivity index (χ1n) is 8.97. The first-order valence-corrected chi connectivity index (χ1v) is 10.8. The first kappa shape index (κ1) is 20.0. The Balaban J connectivity index is 1.72. The number of hydrogen-bond acceptors (Lipinski definition) is 5. The number of ether oxygens (including phenoxy) is 2.